The molecular formula is C20H35IN4O2. The van der Waals surface area contributed by atoms with Crippen LogP contribution in [0, 0.1) is 5.92 Å². The van der Waals surface area contributed by atoms with Gasteiger partial charge in [-0.3, -0.25) is 4.99 Å². The quantitative estimate of drug-likeness (QED) is 0.229. The van der Waals surface area contributed by atoms with Gasteiger partial charge in [-0.2, -0.15) is 0 Å². The molecule has 1 saturated heterocycles. The molecule has 1 aromatic carbocycles. The van der Waals surface area contributed by atoms with Crippen molar-refractivity contribution < 1.29 is 9.47 Å². The van der Waals surface area contributed by atoms with Gasteiger partial charge in [-0.1, -0.05) is 12.1 Å². The van der Waals surface area contributed by atoms with Crippen molar-refractivity contribution in [3.63, 3.8) is 0 Å². The SMILES string of the molecule is CN=C(NCCCOCC1CCOC1)NCCc1ccc(N(C)C)cc1.I. The van der Waals surface area contributed by atoms with E-state index in [0.717, 1.165) is 64.7 Å². The summed E-state index contributed by atoms with van der Waals surface area (Å²) in [6.07, 6.45) is 3.08. The van der Waals surface area contributed by atoms with Gasteiger partial charge >= 0.3 is 0 Å². The molecule has 0 aliphatic carbocycles. The Labute approximate surface area is 181 Å². The lowest BCUT2D eigenvalue weighted by molar-refractivity contribution is 0.0888. The Bertz CT molecular complexity index is 531. The van der Waals surface area contributed by atoms with E-state index in [4.69, 9.17) is 9.47 Å². The third kappa shape index (κ3) is 9.62. The van der Waals surface area contributed by atoms with E-state index in [1.54, 1.807) is 7.05 Å². The number of hydrogen-bond acceptors (Lipinski definition) is 4. The minimum atomic E-state index is 0. The van der Waals surface area contributed by atoms with Crippen LogP contribution in [0.3, 0.4) is 0 Å². The maximum Gasteiger partial charge on any atom is 0.190 e. The molecule has 0 aromatic heterocycles. The van der Waals surface area contributed by atoms with Crippen molar-refractivity contribution in [2.45, 2.75) is 19.3 Å². The minimum Gasteiger partial charge on any atom is -0.381 e. The van der Waals surface area contributed by atoms with Crippen LogP contribution in [-0.4, -0.2) is 66.6 Å². The standard InChI is InChI=1S/C20H34N4O2.HI/c1-21-20(22-11-4-13-25-15-18-10-14-26-16-18)23-12-9-17-5-7-19(8-6-17)24(2)3;/h5-8,18H,4,9-16H2,1-3H3,(H2,21,22,23);1H. The molecule has 2 rings (SSSR count). The van der Waals surface area contributed by atoms with Gasteiger partial charge in [0.2, 0.25) is 0 Å². The van der Waals surface area contributed by atoms with Crippen LogP contribution in [-0.2, 0) is 15.9 Å². The zero-order valence-electron chi connectivity index (χ0n) is 16.9. The van der Waals surface area contributed by atoms with Crippen LogP contribution in [0.1, 0.15) is 18.4 Å². The molecule has 1 aromatic rings. The van der Waals surface area contributed by atoms with Crippen LogP contribution in [0.2, 0.25) is 0 Å². The Kier molecular flexibility index (Phi) is 12.4. The van der Waals surface area contributed by atoms with Gasteiger partial charge in [0, 0.05) is 59.1 Å². The van der Waals surface area contributed by atoms with E-state index >= 15 is 0 Å². The largest absolute Gasteiger partial charge is 0.381 e. The molecule has 1 heterocycles. The Morgan fingerprint density at radius 2 is 1.96 bits per heavy atom. The van der Waals surface area contributed by atoms with Crippen molar-refractivity contribution in [1.82, 2.24) is 10.6 Å². The Balaban J connectivity index is 0.00000364. The van der Waals surface area contributed by atoms with E-state index in [2.05, 4.69) is 58.9 Å². The van der Waals surface area contributed by atoms with E-state index < -0.39 is 0 Å². The van der Waals surface area contributed by atoms with Gasteiger partial charge in [0.1, 0.15) is 0 Å². The Hall–Kier alpha value is -1.06. The van der Waals surface area contributed by atoms with Crippen molar-refractivity contribution in [2.75, 3.05) is 65.6 Å². The predicted octanol–water partition coefficient (Wildman–Crippen LogP) is 2.52. The number of ether oxygens (including phenoxy) is 2. The summed E-state index contributed by atoms with van der Waals surface area (Å²) in [6, 6.07) is 8.67. The first-order valence-corrected chi connectivity index (χ1v) is 9.55. The van der Waals surface area contributed by atoms with Gasteiger partial charge in [-0.05, 0) is 37.0 Å². The molecule has 1 fully saturated rings. The van der Waals surface area contributed by atoms with Crippen molar-refractivity contribution in [1.29, 1.82) is 0 Å². The summed E-state index contributed by atoms with van der Waals surface area (Å²) >= 11 is 0. The number of hydrogen-bond donors (Lipinski definition) is 2. The number of guanidine groups is 1. The zero-order valence-corrected chi connectivity index (χ0v) is 19.2. The lowest BCUT2D eigenvalue weighted by Crippen LogP contribution is -2.39. The van der Waals surface area contributed by atoms with Crippen LogP contribution in [0.4, 0.5) is 5.69 Å². The Morgan fingerprint density at radius 3 is 2.59 bits per heavy atom. The molecule has 1 aliphatic heterocycles. The molecule has 7 heteroatoms. The number of aliphatic imine (C=N–C) groups is 1. The highest BCUT2D eigenvalue weighted by Gasteiger charge is 2.15. The van der Waals surface area contributed by atoms with Crippen molar-refractivity contribution >= 4 is 35.6 Å². The van der Waals surface area contributed by atoms with Gasteiger partial charge in [0.25, 0.3) is 0 Å². The summed E-state index contributed by atoms with van der Waals surface area (Å²) in [5.41, 5.74) is 2.55. The number of rotatable bonds is 10. The van der Waals surface area contributed by atoms with Crippen molar-refractivity contribution in [3.8, 4) is 0 Å². The average molecular weight is 490 g/mol. The van der Waals surface area contributed by atoms with Gasteiger partial charge in [-0.15, -0.1) is 24.0 Å². The first-order valence-electron chi connectivity index (χ1n) is 9.55. The van der Waals surface area contributed by atoms with Crippen LogP contribution in [0.5, 0.6) is 0 Å². The van der Waals surface area contributed by atoms with E-state index in [1.807, 2.05) is 0 Å². The second-order valence-electron chi connectivity index (χ2n) is 6.89. The topological polar surface area (TPSA) is 58.1 Å². The van der Waals surface area contributed by atoms with Gasteiger partial charge < -0.3 is 25.0 Å². The molecular weight excluding hydrogens is 455 g/mol. The lowest BCUT2D eigenvalue weighted by atomic mass is 10.1. The molecule has 0 spiro atoms. The number of nitrogens with one attached hydrogen (secondary N) is 2. The smallest absolute Gasteiger partial charge is 0.190 e. The maximum atomic E-state index is 5.71. The zero-order chi connectivity index (χ0) is 18.6. The van der Waals surface area contributed by atoms with Crippen LogP contribution < -0.4 is 15.5 Å². The maximum absolute atomic E-state index is 5.71. The number of anilines is 1. The second kappa shape index (κ2) is 14.0. The summed E-state index contributed by atoms with van der Waals surface area (Å²) < 4.78 is 11.1. The van der Waals surface area contributed by atoms with Crippen LogP contribution in [0.25, 0.3) is 0 Å². The van der Waals surface area contributed by atoms with Crippen LogP contribution >= 0.6 is 24.0 Å². The number of benzene rings is 1. The predicted molar refractivity (Wildman–Crippen MR) is 124 cm³/mol. The fourth-order valence-electron chi connectivity index (χ4n) is 2.85. The number of halogens is 1. The van der Waals surface area contributed by atoms with Gasteiger partial charge in [0.15, 0.2) is 5.96 Å². The van der Waals surface area contributed by atoms with E-state index in [0.29, 0.717) is 5.92 Å². The molecule has 2 N–H and O–H groups in total. The highest BCUT2D eigenvalue weighted by Crippen LogP contribution is 2.13. The van der Waals surface area contributed by atoms with E-state index in [1.165, 1.54) is 11.3 Å². The molecule has 0 radical (unpaired) electrons. The second-order valence-corrected chi connectivity index (χ2v) is 6.89. The summed E-state index contributed by atoms with van der Waals surface area (Å²) in [6.45, 7) is 5.06. The third-order valence-corrected chi connectivity index (χ3v) is 4.52. The highest BCUT2D eigenvalue weighted by atomic mass is 127. The first-order chi connectivity index (χ1) is 12.7. The molecule has 0 bridgehead atoms. The lowest BCUT2D eigenvalue weighted by Gasteiger charge is -2.14. The molecule has 6 nitrogen and oxygen atoms in total. The molecule has 1 unspecified atom stereocenters. The molecule has 0 saturated carbocycles. The summed E-state index contributed by atoms with van der Waals surface area (Å²) in [4.78, 5) is 6.38. The van der Waals surface area contributed by atoms with E-state index in [-0.39, 0.29) is 24.0 Å². The summed E-state index contributed by atoms with van der Waals surface area (Å²) in [7, 11) is 5.92. The average Bonchev–Trinajstić information content (AvgIpc) is 3.17. The van der Waals surface area contributed by atoms with Gasteiger partial charge in [0.05, 0.1) is 13.2 Å². The van der Waals surface area contributed by atoms with Crippen molar-refractivity contribution in [2.24, 2.45) is 10.9 Å². The molecule has 1 atom stereocenters. The number of nitrogens with zero attached hydrogens (tertiary/aromatic N) is 2. The fourth-order valence-corrected chi connectivity index (χ4v) is 2.85. The third-order valence-electron chi connectivity index (χ3n) is 4.52. The van der Waals surface area contributed by atoms with Gasteiger partial charge in [-0.25, -0.2) is 0 Å². The summed E-state index contributed by atoms with van der Waals surface area (Å²) in [5.74, 6) is 1.43. The monoisotopic (exact) mass is 490 g/mol. The molecule has 154 valence electrons. The summed E-state index contributed by atoms with van der Waals surface area (Å²) in [5, 5.41) is 6.70. The molecule has 27 heavy (non-hydrogen) atoms. The minimum absolute atomic E-state index is 0. The molecule has 1 aliphatic rings. The first kappa shape index (κ1) is 24.0. The molecule has 0 amide bonds. The van der Waals surface area contributed by atoms with E-state index in [9.17, 15) is 0 Å². The normalized spacial score (nSPS) is 16.7. The highest BCUT2D eigenvalue weighted by molar-refractivity contribution is 14.0. The van der Waals surface area contributed by atoms with Crippen molar-refractivity contribution in [3.05, 3.63) is 29.8 Å². The Morgan fingerprint density at radius 1 is 1.22 bits per heavy atom. The fraction of sp³-hybridized carbons (Fsp3) is 0.650. The van der Waals surface area contributed by atoms with Crippen LogP contribution in [0.15, 0.2) is 29.3 Å².